The molecular weight excluding hydrogens is 813 g/mol. The van der Waals surface area contributed by atoms with Gasteiger partial charge in [-0.2, -0.15) is 0 Å². The lowest BCUT2D eigenvalue weighted by Gasteiger charge is -2.42. The summed E-state index contributed by atoms with van der Waals surface area (Å²) < 4.78 is 7.60. The number of nitrogens with zero attached hydrogens (tertiary/aromatic N) is 2. The zero-order valence-corrected chi connectivity index (χ0v) is 36.4. The van der Waals surface area contributed by atoms with Crippen molar-refractivity contribution in [3.63, 3.8) is 0 Å². The van der Waals surface area contributed by atoms with Gasteiger partial charge in [-0.05, 0) is 114 Å². The van der Waals surface area contributed by atoms with E-state index in [0.717, 1.165) is 11.4 Å². The van der Waals surface area contributed by atoms with Gasteiger partial charge in [0.1, 0.15) is 0 Å². The van der Waals surface area contributed by atoms with Gasteiger partial charge in [0.2, 0.25) is 0 Å². The maximum atomic E-state index is 2.52. The molecule has 0 bridgehead atoms. The van der Waals surface area contributed by atoms with Crippen LogP contribution in [-0.4, -0.2) is 9.13 Å². The molecule has 2 nitrogen and oxygen atoms in total. The van der Waals surface area contributed by atoms with Crippen LogP contribution in [0.5, 0.6) is 0 Å². The highest BCUT2D eigenvalue weighted by Gasteiger charge is 2.34. The third kappa shape index (κ3) is 5.53. The van der Waals surface area contributed by atoms with Crippen LogP contribution in [0.3, 0.4) is 0 Å². The quantitative estimate of drug-likeness (QED) is 0.151. The molecule has 0 saturated carbocycles. The average Bonchev–Trinajstić information content (AvgIpc) is 4.02. The van der Waals surface area contributed by atoms with Crippen LogP contribution >= 0.6 is 21.4 Å². The van der Waals surface area contributed by atoms with Crippen LogP contribution in [0.1, 0.15) is 0 Å². The van der Waals surface area contributed by atoms with E-state index in [0.29, 0.717) is 0 Å². The fourth-order valence-electron chi connectivity index (χ4n) is 10.2. The first kappa shape index (κ1) is 37.0. The normalized spacial score (nSPS) is 12.3. The second-order valence-corrected chi connectivity index (χ2v) is 20.6. The van der Waals surface area contributed by atoms with Crippen molar-refractivity contribution in [2.75, 3.05) is 0 Å². The van der Waals surface area contributed by atoms with Crippen LogP contribution < -0.4 is 0 Å². The maximum Gasteiger partial charge on any atom is 0.0548 e. The van der Waals surface area contributed by atoms with E-state index in [1.807, 2.05) is 11.3 Å². The zero-order chi connectivity index (χ0) is 42.2. The van der Waals surface area contributed by atoms with Gasteiger partial charge in [-0.3, -0.25) is 0 Å². The van der Waals surface area contributed by atoms with Crippen molar-refractivity contribution >= 4 is 85.1 Å². The highest BCUT2D eigenvalue weighted by molar-refractivity contribution is 8.34. The van der Waals surface area contributed by atoms with Gasteiger partial charge in [-0.1, -0.05) is 140 Å². The SMILES string of the molecule is c1ccc(-n2c3ccc(S(c4ccccc4)(c4ccccc4)c4ccccc4)cc3c3cc4c(cc32)c2ccccc2n4-c2ccc(-c3cccc4c3sc3ccccc34)cc2)cc1. The molecule has 302 valence electrons. The fraction of sp³-hybridized carbons (Fsp3) is 0. The minimum Gasteiger partial charge on any atom is -0.309 e. The lowest BCUT2D eigenvalue weighted by atomic mass is 10.0. The molecule has 0 atom stereocenters. The van der Waals surface area contributed by atoms with E-state index < -0.39 is 10.0 Å². The number of benzene rings is 10. The summed E-state index contributed by atoms with van der Waals surface area (Å²) in [6, 6.07) is 90.1. The van der Waals surface area contributed by atoms with Crippen molar-refractivity contribution in [3.05, 3.63) is 243 Å². The van der Waals surface area contributed by atoms with E-state index in [4.69, 9.17) is 0 Å². The number of rotatable bonds is 7. The second-order valence-electron chi connectivity index (χ2n) is 16.5. The molecule has 0 aliphatic rings. The average molecular weight is 853 g/mol. The molecule has 3 heterocycles. The van der Waals surface area contributed by atoms with Gasteiger partial charge >= 0.3 is 0 Å². The molecule has 3 aromatic heterocycles. The molecule has 0 N–H and O–H groups in total. The first-order valence-corrected chi connectivity index (χ1v) is 24.3. The number of aromatic nitrogens is 2. The molecular formula is C60H40N2S2. The summed E-state index contributed by atoms with van der Waals surface area (Å²) in [6.07, 6.45) is 0. The lowest BCUT2D eigenvalue weighted by Crippen LogP contribution is -2.05. The lowest BCUT2D eigenvalue weighted by molar-refractivity contribution is 1.17. The van der Waals surface area contributed by atoms with E-state index in [-0.39, 0.29) is 0 Å². The van der Waals surface area contributed by atoms with Gasteiger partial charge in [-0.15, -0.1) is 21.4 Å². The summed E-state index contributed by atoms with van der Waals surface area (Å²) in [4.78, 5) is 5.25. The maximum absolute atomic E-state index is 2.52. The Morgan fingerprint density at radius 2 is 0.781 bits per heavy atom. The van der Waals surface area contributed by atoms with Gasteiger partial charge in [0, 0.05) is 72.7 Å². The van der Waals surface area contributed by atoms with Crippen molar-refractivity contribution in [1.29, 1.82) is 0 Å². The summed E-state index contributed by atoms with van der Waals surface area (Å²) >= 11 is 1.88. The molecule has 13 rings (SSSR count). The minimum absolute atomic E-state index is 1.14. The number of hydrogen-bond acceptors (Lipinski definition) is 1. The van der Waals surface area contributed by atoms with E-state index in [1.54, 1.807) is 0 Å². The summed E-state index contributed by atoms with van der Waals surface area (Å²) in [5, 5.41) is 7.59. The van der Waals surface area contributed by atoms with Crippen LogP contribution in [0.2, 0.25) is 0 Å². The molecule has 64 heavy (non-hydrogen) atoms. The van der Waals surface area contributed by atoms with Gasteiger partial charge < -0.3 is 9.13 Å². The van der Waals surface area contributed by atoms with Crippen molar-refractivity contribution in [3.8, 4) is 22.5 Å². The Labute approximate surface area is 376 Å². The second kappa shape index (κ2) is 14.7. The predicted molar refractivity (Wildman–Crippen MR) is 273 cm³/mol. The molecule has 0 unspecified atom stereocenters. The molecule has 0 saturated heterocycles. The highest BCUT2D eigenvalue weighted by atomic mass is 32.3. The summed E-state index contributed by atoms with van der Waals surface area (Å²) in [5.41, 5.74) is 9.57. The van der Waals surface area contributed by atoms with Gasteiger partial charge in [0.15, 0.2) is 0 Å². The Bertz CT molecular complexity index is 3770. The Hall–Kier alpha value is -7.63. The van der Waals surface area contributed by atoms with Crippen molar-refractivity contribution in [1.82, 2.24) is 9.13 Å². The van der Waals surface area contributed by atoms with Crippen molar-refractivity contribution in [2.24, 2.45) is 0 Å². The molecule has 0 amide bonds. The Balaban J connectivity index is 1.08. The molecule has 13 aromatic rings. The van der Waals surface area contributed by atoms with E-state index in [9.17, 15) is 0 Å². The molecule has 0 fully saturated rings. The van der Waals surface area contributed by atoms with Crippen LogP contribution in [-0.2, 0) is 0 Å². The van der Waals surface area contributed by atoms with Crippen LogP contribution in [0.25, 0.3) is 86.3 Å². The number of fused-ring (bicyclic) bond motifs is 9. The van der Waals surface area contributed by atoms with E-state index >= 15 is 0 Å². The summed E-state index contributed by atoms with van der Waals surface area (Å²) in [6.45, 7) is 0. The highest BCUT2D eigenvalue weighted by Crippen LogP contribution is 2.73. The number of para-hydroxylation sites is 2. The van der Waals surface area contributed by atoms with Crippen LogP contribution in [0, 0.1) is 0 Å². The topological polar surface area (TPSA) is 9.86 Å². The molecule has 10 aromatic carbocycles. The third-order valence-electron chi connectivity index (χ3n) is 13.0. The molecule has 0 aliphatic carbocycles. The molecule has 0 spiro atoms. The first-order chi connectivity index (χ1) is 31.8. The van der Waals surface area contributed by atoms with Gasteiger partial charge in [-0.25, -0.2) is 0 Å². The van der Waals surface area contributed by atoms with Gasteiger partial charge in [0.05, 0.1) is 22.1 Å². The standard InChI is InChI=1S/C60H40N2S2/c1-5-18-42(19-6-1)61-56-37-36-47(64(44-20-7-2-8-21-44,45-22-9-3-10-23-45)46-24-11-4-12-25-46)38-52(56)54-40-57-53(39-58(54)61)49-26-13-15-30-55(49)62(57)43-34-32-41(33-35-43)48-28-17-29-51-50-27-14-16-31-59(50)63-60(48)51/h1-40H. The molecule has 4 heteroatoms. The smallest absolute Gasteiger partial charge is 0.0548 e. The van der Waals surface area contributed by atoms with E-state index in [2.05, 4.69) is 252 Å². The number of hydrogen-bond donors (Lipinski definition) is 0. The first-order valence-electron chi connectivity index (χ1n) is 21.8. The third-order valence-corrected chi connectivity index (χ3v) is 18.1. The van der Waals surface area contributed by atoms with Crippen LogP contribution in [0.15, 0.2) is 262 Å². The van der Waals surface area contributed by atoms with E-state index in [1.165, 1.54) is 94.5 Å². The Kier molecular flexibility index (Phi) is 8.52. The van der Waals surface area contributed by atoms with Crippen LogP contribution in [0.4, 0.5) is 0 Å². The Morgan fingerprint density at radius 1 is 0.297 bits per heavy atom. The monoisotopic (exact) mass is 852 g/mol. The minimum atomic E-state index is -1.90. The molecule has 0 radical (unpaired) electrons. The fourth-order valence-corrected chi connectivity index (χ4v) is 15.4. The van der Waals surface area contributed by atoms with Crippen molar-refractivity contribution in [2.45, 2.75) is 19.6 Å². The molecule has 0 aliphatic heterocycles. The Morgan fingerprint density at radius 3 is 1.42 bits per heavy atom. The summed E-state index contributed by atoms with van der Waals surface area (Å²) in [7, 11) is -1.90. The zero-order valence-electron chi connectivity index (χ0n) is 34.8. The predicted octanol–water partition coefficient (Wildman–Crippen LogP) is 17.3. The van der Waals surface area contributed by atoms with Gasteiger partial charge in [0.25, 0.3) is 0 Å². The number of thiophene rings is 1. The van der Waals surface area contributed by atoms with Crippen molar-refractivity contribution < 1.29 is 0 Å². The largest absolute Gasteiger partial charge is 0.309 e. The summed E-state index contributed by atoms with van der Waals surface area (Å²) in [5.74, 6) is 0.